The summed E-state index contributed by atoms with van der Waals surface area (Å²) in [6, 6.07) is 13.0. The maximum absolute atomic E-state index is 4.57. The van der Waals surface area contributed by atoms with Gasteiger partial charge in [-0.1, -0.05) is 51.7 Å². The van der Waals surface area contributed by atoms with E-state index in [1.165, 1.54) is 56.2 Å². The molecule has 1 aromatic heterocycles. The summed E-state index contributed by atoms with van der Waals surface area (Å²) in [4.78, 5) is 4.57. The number of nitrogens with zero attached hydrogens (tertiary/aromatic N) is 1. The number of hydrogen-bond acceptors (Lipinski definition) is 2. The molecule has 0 aliphatic heterocycles. The molecule has 2 heteroatoms. The average molecular weight is 310 g/mol. The molecule has 2 rings (SSSR count). The van der Waals surface area contributed by atoms with E-state index < -0.39 is 0 Å². The predicted molar refractivity (Wildman–Crippen MR) is 100 cm³/mol. The van der Waals surface area contributed by atoms with Crippen molar-refractivity contribution in [3.63, 3.8) is 0 Å². The summed E-state index contributed by atoms with van der Waals surface area (Å²) in [5, 5.41) is 3.43. The summed E-state index contributed by atoms with van der Waals surface area (Å²) >= 11 is 0. The van der Waals surface area contributed by atoms with Gasteiger partial charge in [-0.2, -0.15) is 0 Å². The van der Waals surface area contributed by atoms with E-state index in [1.54, 1.807) is 0 Å². The molecule has 2 aromatic rings. The van der Waals surface area contributed by atoms with Gasteiger partial charge < -0.3 is 5.32 Å². The van der Waals surface area contributed by atoms with Gasteiger partial charge in [0.15, 0.2) is 0 Å². The number of pyridine rings is 1. The van der Waals surface area contributed by atoms with Gasteiger partial charge in [-0.3, -0.25) is 4.98 Å². The highest BCUT2D eigenvalue weighted by molar-refractivity contribution is 5.58. The quantitative estimate of drug-likeness (QED) is 0.521. The fraction of sp³-hybridized carbons (Fsp3) is 0.476. The Morgan fingerprint density at radius 1 is 0.739 bits per heavy atom. The highest BCUT2D eigenvalue weighted by atomic mass is 14.9. The minimum absolute atomic E-state index is 1.06. The van der Waals surface area contributed by atoms with Crippen molar-refractivity contribution in [3.8, 4) is 0 Å². The Morgan fingerprint density at radius 3 is 2.13 bits per heavy atom. The van der Waals surface area contributed by atoms with Crippen LogP contribution in [-0.2, 0) is 12.8 Å². The van der Waals surface area contributed by atoms with E-state index in [9.17, 15) is 0 Å². The molecule has 2 nitrogen and oxygen atoms in total. The lowest BCUT2D eigenvalue weighted by molar-refractivity contribution is 0.661. The van der Waals surface area contributed by atoms with Crippen molar-refractivity contribution in [3.05, 3.63) is 53.9 Å². The maximum atomic E-state index is 4.57. The first kappa shape index (κ1) is 17.5. The highest BCUT2D eigenvalue weighted by Gasteiger charge is 1.99. The van der Waals surface area contributed by atoms with Crippen molar-refractivity contribution in [2.75, 3.05) is 5.32 Å². The summed E-state index contributed by atoms with van der Waals surface area (Å²) in [5.41, 5.74) is 4.80. The average Bonchev–Trinajstić information content (AvgIpc) is 2.59. The predicted octanol–water partition coefficient (Wildman–Crippen LogP) is 6.29. The second-order valence-electron chi connectivity index (χ2n) is 6.27. The molecular formula is C21H30N2. The third-order valence-corrected chi connectivity index (χ3v) is 4.17. The molecule has 0 unspecified atom stereocenters. The molecule has 0 radical (unpaired) electrons. The fourth-order valence-electron chi connectivity index (χ4n) is 2.68. The van der Waals surface area contributed by atoms with Gasteiger partial charge in [0.05, 0.1) is 11.9 Å². The summed E-state index contributed by atoms with van der Waals surface area (Å²) in [6.45, 7) is 4.48. The molecular weight excluding hydrogens is 280 g/mol. The van der Waals surface area contributed by atoms with E-state index >= 15 is 0 Å². The molecule has 1 heterocycles. The first-order valence-electron chi connectivity index (χ1n) is 9.12. The Hall–Kier alpha value is -1.83. The first-order valence-corrected chi connectivity index (χ1v) is 9.12. The van der Waals surface area contributed by atoms with Crippen LogP contribution in [0.1, 0.15) is 63.6 Å². The maximum Gasteiger partial charge on any atom is 0.0570 e. The summed E-state index contributed by atoms with van der Waals surface area (Å²) in [6.07, 6.45) is 11.9. The second-order valence-corrected chi connectivity index (χ2v) is 6.27. The Balaban J connectivity index is 1.83. The van der Waals surface area contributed by atoms with E-state index in [0.29, 0.717) is 0 Å². The number of aromatic nitrogens is 1. The number of hydrogen-bond donors (Lipinski definition) is 1. The zero-order valence-electron chi connectivity index (χ0n) is 14.6. The minimum atomic E-state index is 1.06. The molecule has 124 valence electrons. The monoisotopic (exact) mass is 310 g/mol. The lowest BCUT2D eigenvalue weighted by Crippen LogP contribution is -1.95. The van der Waals surface area contributed by atoms with Crippen LogP contribution in [-0.4, -0.2) is 4.98 Å². The zero-order chi connectivity index (χ0) is 16.3. The standard InChI is InChI=1S/C21H30N2/c1-3-5-7-8-10-19-15-16-21(17-22-19)23-20-13-11-18(12-14-20)9-6-4-2/h11-17,23H,3-10H2,1-2H3. The number of anilines is 2. The number of benzene rings is 1. The molecule has 0 bridgehead atoms. The van der Waals surface area contributed by atoms with Crippen molar-refractivity contribution in [2.24, 2.45) is 0 Å². The van der Waals surface area contributed by atoms with Crippen LogP contribution in [0.4, 0.5) is 11.4 Å². The molecule has 1 aromatic carbocycles. The van der Waals surface area contributed by atoms with E-state index in [4.69, 9.17) is 0 Å². The number of unbranched alkanes of at least 4 members (excludes halogenated alkanes) is 4. The van der Waals surface area contributed by atoms with Crippen LogP contribution in [0.25, 0.3) is 0 Å². The SMILES string of the molecule is CCCCCCc1ccc(Nc2ccc(CCCC)cc2)cn1. The molecule has 0 saturated carbocycles. The number of nitrogens with one attached hydrogen (secondary N) is 1. The minimum Gasteiger partial charge on any atom is -0.354 e. The van der Waals surface area contributed by atoms with Gasteiger partial charge in [0.1, 0.15) is 0 Å². The third kappa shape index (κ3) is 6.43. The lowest BCUT2D eigenvalue weighted by Gasteiger charge is -2.08. The number of aryl methyl sites for hydroxylation is 2. The van der Waals surface area contributed by atoms with Gasteiger partial charge >= 0.3 is 0 Å². The Bertz CT molecular complexity index is 543. The largest absolute Gasteiger partial charge is 0.354 e. The molecule has 0 amide bonds. The van der Waals surface area contributed by atoms with Crippen molar-refractivity contribution in [1.29, 1.82) is 0 Å². The van der Waals surface area contributed by atoms with Gasteiger partial charge in [0.2, 0.25) is 0 Å². The van der Waals surface area contributed by atoms with Crippen LogP contribution >= 0.6 is 0 Å². The van der Waals surface area contributed by atoms with Crippen LogP contribution in [0.2, 0.25) is 0 Å². The summed E-state index contributed by atoms with van der Waals surface area (Å²) in [7, 11) is 0. The van der Waals surface area contributed by atoms with Crippen LogP contribution < -0.4 is 5.32 Å². The Kier molecular flexibility index (Phi) is 7.65. The lowest BCUT2D eigenvalue weighted by atomic mass is 10.1. The van der Waals surface area contributed by atoms with Gasteiger partial charge in [-0.25, -0.2) is 0 Å². The fourth-order valence-corrected chi connectivity index (χ4v) is 2.68. The molecule has 0 spiro atoms. The van der Waals surface area contributed by atoms with Gasteiger partial charge in [0.25, 0.3) is 0 Å². The highest BCUT2D eigenvalue weighted by Crippen LogP contribution is 2.18. The zero-order valence-corrected chi connectivity index (χ0v) is 14.6. The van der Waals surface area contributed by atoms with Gasteiger partial charge in [0, 0.05) is 11.4 Å². The second kappa shape index (κ2) is 10.0. The van der Waals surface area contributed by atoms with Crippen molar-refractivity contribution in [2.45, 2.75) is 65.2 Å². The molecule has 0 saturated heterocycles. The van der Waals surface area contributed by atoms with Gasteiger partial charge in [-0.15, -0.1) is 0 Å². The first-order chi connectivity index (χ1) is 11.3. The van der Waals surface area contributed by atoms with Crippen LogP contribution in [0.3, 0.4) is 0 Å². The molecule has 0 aliphatic carbocycles. The normalized spacial score (nSPS) is 10.7. The van der Waals surface area contributed by atoms with E-state index in [-0.39, 0.29) is 0 Å². The van der Waals surface area contributed by atoms with Crippen molar-refractivity contribution >= 4 is 11.4 Å². The third-order valence-electron chi connectivity index (χ3n) is 4.17. The van der Waals surface area contributed by atoms with Crippen LogP contribution in [0, 0.1) is 0 Å². The van der Waals surface area contributed by atoms with Crippen LogP contribution in [0.15, 0.2) is 42.6 Å². The van der Waals surface area contributed by atoms with E-state index in [2.05, 4.69) is 60.5 Å². The topological polar surface area (TPSA) is 24.9 Å². The Labute approximate surface area is 141 Å². The molecule has 0 atom stereocenters. The van der Waals surface area contributed by atoms with Gasteiger partial charge in [-0.05, 0) is 55.5 Å². The van der Waals surface area contributed by atoms with E-state index in [1.807, 2.05) is 6.20 Å². The molecule has 1 N–H and O–H groups in total. The summed E-state index contributed by atoms with van der Waals surface area (Å²) < 4.78 is 0. The van der Waals surface area contributed by atoms with Crippen molar-refractivity contribution in [1.82, 2.24) is 4.98 Å². The molecule has 23 heavy (non-hydrogen) atoms. The van der Waals surface area contributed by atoms with Crippen LogP contribution in [0.5, 0.6) is 0 Å². The summed E-state index contributed by atoms with van der Waals surface area (Å²) in [5.74, 6) is 0. The van der Waals surface area contributed by atoms with E-state index in [0.717, 1.165) is 17.8 Å². The number of rotatable bonds is 10. The molecule has 0 aliphatic rings. The van der Waals surface area contributed by atoms with Crippen molar-refractivity contribution < 1.29 is 0 Å². The molecule has 0 fully saturated rings. The Morgan fingerprint density at radius 2 is 1.48 bits per heavy atom. The smallest absolute Gasteiger partial charge is 0.0570 e.